The van der Waals surface area contributed by atoms with Gasteiger partial charge in [0.25, 0.3) is 0 Å². The molecule has 0 N–H and O–H groups in total. The van der Waals surface area contributed by atoms with Crippen LogP contribution in [0.25, 0.3) is 0 Å². The first kappa shape index (κ1) is 11.8. The molecule has 2 heteroatoms. The van der Waals surface area contributed by atoms with E-state index in [1.54, 1.807) is 0 Å². The molecule has 0 aliphatic carbocycles. The lowest BCUT2D eigenvalue weighted by Crippen LogP contribution is -2.19. The van der Waals surface area contributed by atoms with E-state index in [0.717, 1.165) is 22.3 Å². The zero-order valence-corrected chi connectivity index (χ0v) is 10.9. The van der Waals surface area contributed by atoms with Crippen LogP contribution in [0.3, 0.4) is 0 Å². The van der Waals surface area contributed by atoms with Gasteiger partial charge in [0, 0.05) is 10.5 Å². The van der Waals surface area contributed by atoms with E-state index in [0.29, 0.717) is 0 Å². The van der Waals surface area contributed by atoms with Gasteiger partial charge >= 0.3 is 0 Å². The van der Waals surface area contributed by atoms with Gasteiger partial charge in [-0.1, -0.05) is 55.7 Å². The smallest absolute Gasteiger partial charge is 0.0187 e. The van der Waals surface area contributed by atoms with E-state index in [-0.39, 0.29) is 0 Å². The molecule has 0 aromatic carbocycles. The van der Waals surface area contributed by atoms with E-state index in [1.807, 2.05) is 0 Å². The van der Waals surface area contributed by atoms with Crippen molar-refractivity contribution in [2.24, 2.45) is 11.8 Å². The van der Waals surface area contributed by atoms with Crippen LogP contribution in [0.15, 0.2) is 0 Å². The first-order valence-corrected chi connectivity index (χ1v) is 7.74. The largest absolute Gasteiger partial charge is 0.0904 e. The third kappa shape index (κ3) is 3.39. The molecule has 0 spiro atoms. The minimum atomic E-state index is 0.875. The van der Waals surface area contributed by atoms with Crippen LogP contribution in [-0.4, -0.2) is 10.5 Å². The average Bonchev–Trinajstić information content (AvgIpc) is 2.43. The number of rotatable bonds is 4. The van der Waals surface area contributed by atoms with Crippen LogP contribution in [0.4, 0.5) is 0 Å². The van der Waals surface area contributed by atoms with Crippen molar-refractivity contribution in [3.63, 3.8) is 0 Å². The molecule has 1 aliphatic heterocycles. The molecule has 0 bridgehead atoms. The maximum absolute atomic E-state index is 2.40. The van der Waals surface area contributed by atoms with Gasteiger partial charge in [-0.2, -0.15) is 0 Å². The van der Waals surface area contributed by atoms with Crippen molar-refractivity contribution in [1.82, 2.24) is 0 Å². The lowest BCUT2D eigenvalue weighted by molar-refractivity contribution is 0.410. The van der Waals surface area contributed by atoms with Crippen LogP contribution in [-0.2, 0) is 0 Å². The summed E-state index contributed by atoms with van der Waals surface area (Å²) in [5, 5.41) is 1.81. The van der Waals surface area contributed by atoms with E-state index in [1.165, 1.54) is 19.3 Å². The van der Waals surface area contributed by atoms with Gasteiger partial charge in [-0.3, -0.25) is 0 Å². The van der Waals surface area contributed by atoms with Crippen molar-refractivity contribution in [3.8, 4) is 0 Å². The minimum absolute atomic E-state index is 0.875. The van der Waals surface area contributed by atoms with Crippen molar-refractivity contribution in [2.75, 3.05) is 0 Å². The molecule has 3 atom stereocenters. The summed E-state index contributed by atoms with van der Waals surface area (Å²) in [6, 6.07) is 0. The van der Waals surface area contributed by atoms with Crippen molar-refractivity contribution in [3.05, 3.63) is 0 Å². The standard InChI is InChI=1S/C11H22S2/c1-5-11-10(7-6-8(2)3)9(4)12-13-11/h8-11H,5-7H2,1-4H3. The Hall–Kier alpha value is 0.700. The minimum Gasteiger partial charge on any atom is -0.0904 e. The normalized spacial score (nSPS) is 34.4. The predicted molar refractivity (Wildman–Crippen MR) is 66.3 cm³/mol. The van der Waals surface area contributed by atoms with Gasteiger partial charge in [-0.05, 0) is 24.7 Å². The molecular formula is C11H22S2. The second-order valence-electron chi connectivity index (χ2n) is 4.48. The van der Waals surface area contributed by atoms with Crippen LogP contribution in [0, 0.1) is 11.8 Å². The molecule has 1 rings (SSSR count). The third-order valence-electron chi connectivity index (χ3n) is 2.89. The molecule has 0 aromatic rings. The molecule has 1 aliphatic rings. The summed E-state index contributed by atoms with van der Waals surface area (Å²) in [5.41, 5.74) is 0. The average molecular weight is 218 g/mol. The van der Waals surface area contributed by atoms with E-state index < -0.39 is 0 Å². The lowest BCUT2D eigenvalue weighted by Gasteiger charge is -2.20. The Kier molecular flexibility index (Phi) is 5.03. The number of hydrogen-bond acceptors (Lipinski definition) is 2. The number of hydrogen-bond donors (Lipinski definition) is 0. The second kappa shape index (κ2) is 5.55. The Bertz CT molecular complexity index is 145. The van der Waals surface area contributed by atoms with Crippen LogP contribution in [0.5, 0.6) is 0 Å². The second-order valence-corrected chi connectivity index (χ2v) is 7.37. The molecule has 0 nitrogen and oxygen atoms in total. The zero-order valence-electron chi connectivity index (χ0n) is 9.25. The monoisotopic (exact) mass is 218 g/mol. The van der Waals surface area contributed by atoms with Gasteiger partial charge in [0.1, 0.15) is 0 Å². The molecule has 1 saturated heterocycles. The summed E-state index contributed by atoms with van der Waals surface area (Å²) in [6.45, 7) is 9.40. The third-order valence-corrected chi connectivity index (χ3v) is 6.57. The highest BCUT2D eigenvalue weighted by Gasteiger charge is 2.33. The topological polar surface area (TPSA) is 0 Å². The van der Waals surface area contributed by atoms with Crippen LogP contribution < -0.4 is 0 Å². The molecule has 3 unspecified atom stereocenters. The highest BCUT2D eigenvalue weighted by molar-refractivity contribution is 8.77. The Labute approximate surface area is 91.0 Å². The van der Waals surface area contributed by atoms with Gasteiger partial charge < -0.3 is 0 Å². The Morgan fingerprint density at radius 2 is 1.92 bits per heavy atom. The van der Waals surface area contributed by atoms with Gasteiger partial charge in [0.05, 0.1) is 0 Å². The van der Waals surface area contributed by atoms with Crippen molar-refractivity contribution in [2.45, 2.75) is 57.5 Å². The molecule has 1 fully saturated rings. The molecule has 0 saturated carbocycles. The van der Waals surface area contributed by atoms with E-state index in [4.69, 9.17) is 0 Å². The van der Waals surface area contributed by atoms with E-state index in [9.17, 15) is 0 Å². The summed E-state index contributed by atoms with van der Waals surface area (Å²) in [6.07, 6.45) is 4.20. The van der Waals surface area contributed by atoms with Crippen molar-refractivity contribution >= 4 is 21.6 Å². The first-order chi connectivity index (χ1) is 6.15. The van der Waals surface area contributed by atoms with E-state index in [2.05, 4.69) is 49.3 Å². The SMILES string of the molecule is CCC1SSC(C)C1CCC(C)C. The molecule has 0 radical (unpaired) electrons. The maximum Gasteiger partial charge on any atom is 0.0187 e. The Morgan fingerprint density at radius 1 is 1.23 bits per heavy atom. The van der Waals surface area contributed by atoms with Gasteiger partial charge in [-0.25, -0.2) is 0 Å². The molecule has 0 amide bonds. The van der Waals surface area contributed by atoms with E-state index >= 15 is 0 Å². The molecule has 0 aromatic heterocycles. The molecule has 1 heterocycles. The quantitative estimate of drug-likeness (QED) is 0.632. The predicted octanol–water partition coefficient (Wildman–Crippen LogP) is 4.60. The fourth-order valence-corrected chi connectivity index (χ4v) is 5.68. The van der Waals surface area contributed by atoms with Gasteiger partial charge in [-0.15, -0.1) is 0 Å². The summed E-state index contributed by atoms with van der Waals surface area (Å²) < 4.78 is 0. The first-order valence-electron chi connectivity index (χ1n) is 5.47. The van der Waals surface area contributed by atoms with Crippen LogP contribution >= 0.6 is 21.6 Å². The zero-order chi connectivity index (χ0) is 9.84. The summed E-state index contributed by atoms with van der Waals surface area (Å²) in [5.74, 6) is 1.85. The fraction of sp³-hybridized carbons (Fsp3) is 1.00. The van der Waals surface area contributed by atoms with Crippen LogP contribution in [0.1, 0.15) is 47.0 Å². The molecule has 13 heavy (non-hydrogen) atoms. The highest BCUT2D eigenvalue weighted by atomic mass is 33.1. The van der Waals surface area contributed by atoms with Gasteiger partial charge in [0.2, 0.25) is 0 Å². The van der Waals surface area contributed by atoms with Crippen molar-refractivity contribution in [1.29, 1.82) is 0 Å². The Morgan fingerprint density at radius 3 is 2.46 bits per heavy atom. The van der Waals surface area contributed by atoms with Crippen LogP contribution in [0.2, 0.25) is 0 Å². The summed E-state index contributed by atoms with van der Waals surface area (Å²) in [4.78, 5) is 0. The fourth-order valence-electron chi connectivity index (χ4n) is 1.92. The van der Waals surface area contributed by atoms with Gasteiger partial charge in [0.15, 0.2) is 0 Å². The summed E-state index contributed by atoms with van der Waals surface area (Å²) >= 11 is 0. The van der Waals surface area contributed by atoms with Crippen molar-refractivity contribution < 1.29 is 0 Å². The molecular weight excluding hydrogens is 196 g/mol. The molecule has 78 valence electrons. The highest BCUT2D eigenvalue weighted by Crippen LogP contribution is 2.50. The maximum atomic E-state index is 2.40. The summed E-state index contributed by atoms with van der Waals surface area (Å²) in [7, 11) is 4.23. The Balaban J connectivity index is 2.35. The lowest BCUT2D eigenvalue weighted by atomic mass is 9.91.